The van der Waals surface area contributed by atoms with Crippen molar-refractivity contribution in [2.45, 2.75) is 5.92 Å². The molecule has 26 heavy (non-hydrogen) atoms. The Morgan fingerprint density at radius 2 is 1.27 bits per heavy atom. The SMILES string of the molecule is C1=NC2=NC=NC3=NC(C4c5ccccc5-c5ccccc54)=NC(=N1)N23. The third-order valence-electron chi connectivity index (χ3n) is 4.81. The van der Waals surface area contributed by atoms with Crippen molar-refractivity contribution >= 4 is 36.4 Å². The summed E-state index contributed by atoms with van der Waals surface area (Å²) in [4.78, 5) is 28.0. The fraction of sp³-hybridized carbons (Fsp3) is 0.0526. The molecule has 0 spiro atoms. The molecule has 2 aromatic carbocycles. The van der Waals surface area contributed by atoms with E-state index < -0.39 is 0 Å². The first-order chi connectivity index (χ1) is 12.9. The zero-order chi connectivity index (χ0) is 17.1. The van der Waals surface area contributed by atoms with Gasteiger partial charge in [0.25, 0.3) is 0 Å². The highest BCUT2D eigenvalue weighted by Gasteiger charge is 2.37. The third kappa shape index (κ3) is 1.71. The summed E-state index contributed by atoms with van der Waals surface area (Å²) in [6, 6.07) is 16.8. The zero-order valence-corrected chi connectivity index (χ0v) is 13.5. The largest absolute Gasteiger partial charge is 0.242 e. The van der Waals surface area contributed by atoms with Crippen LogP contribution in [0.1, 0.15) is 17.0 Å². The fourth-order valence-corrected chi connectivity index (χ4v) is 3.75. The van der Waals surface area contributed by atoms with E-state index in [2.05, 4.69) is 68.5 Å². The molecule has 7 nitrogen and oxygen atoms in total. The highest BCUT2D eigenvalue weighted by molar-refractivity contribution is 6.28. The van der Waals surface area contributed by atoms with Gasteiger partial charge >= 0.3 is 0 Å². The van der Waals surface area contributed by atoms with Crippen LogP contribution in [0.4, 0.5) is 0 Å². The highest BCUT2D eigenvalue weighted by Crippen LogP contribution is 2.45. The summed E-state index contributed by atoms with van der Waals surface area (Å²) in [7, 11) is 0. The number of benzene rings is 2. The van der Waals surface area contributed by atoms with Crippen LogP contribution in [0.2, 0.25) is 0 Å². The van der Waals surface area contributed by atoms with Gasteiger partial charge in [-0.3, -0.25) is 0 Å². The maximum absolute atomic E-state index is 4.73. The van der Waals surface area contributed by atoms with Gasteiger partial charge in [-0.25, -0.2) is 24.9 Å². The molecule has 3 aliphatic heterocycles. The lowest BCUT2D eigenvalue weighted by Crippen LogP contribution is -2.46. The van der Waals surface area contributed by atoms with E-state index in [0.717, 1.165) is 0 Å². The van der Waals surface area contributed by atoms with E-state index in [-0.39, 0.29) is 5.92 Å². The summed E-state index contributed by atoms with van der Waals surface area (Å²) in [5.41, 5.74) is 4.84. The minimum Gasteiger partial charge on any atom is -0.213 e. The van der Waals surface area contributed by atoms with Crippen LogP contribution in [-0.2, 0) is 0 Å². The van der Waals surface area contributed by atoms with Crippen LogP contribution in [0, 0.1) is 0 Å². The number of fused-ring (bicyclic) bond motifs is 3. The molecule has 3 heterocycles. The number of hydrogen-bond acceptors (Lipinski definition) is 7. The maximum Gasteiger partial charge on any atom is 0.242 e. The molecule has 2 aromatic rings. The van der Waals surface area contributed by atoms with Crippen LogP contribution in [0.3, 0.4) is 0 Å². The number of amidine groups is 1. The molecule has 4 aliphatic rings. The Hall–Kier alpha value is -3.74. The number of aliphatic imine (C=N–C) groups is 6. The maximum atomic E-state index is 4.73. The van der Waals surface area contributed by atoms with Crippen molar-refractivity contribution < 1.29 is 0 Å². The van der Waals surface area contributed by atoms with E-state index in [4.69, 9.17) is 9.98 Å². The molecular formula is C19H11N7. The standard InChI is InChI=1S/C19H11N7/c1-3-7-13-11(5-1)12-6-2-4-8-14(12)15(13)16-24-18-22-9-20-17-21-10-23-19(25-16)26(17)18/h1-10,15H. The van der Waals surface area contributed by atoms with Gasteiger partial charge in [0, 0.05) is 0 Å². The minimum atomic E-state index is -0.0452. The van der Waals surface area contributed by atoms with Crippen molar-refractivity contribution in [3.63, 3.8) is 0 Å². The highest BCUT2D eigenvalue weighted by atomic mass is 15.5. The first-order valence-electron chi connectivity index (χ1n) is 8.26. The Morgan fingerprint density at radius 1 is 0.654 bits per heavy atom. The third-order valence-corrected chi connectivity index (χ3v) is 4.81. The Bertz CT molecular complexity index is 1100. The van der Waals surface area contributed by atoms with Gasteiger partial charge in [0.15, 0.2) is 0 Å². The average Bonchev–Trinajstić information content (AvgIpc) is 3.03. The van der Waals surface area contributed by atoms with Crippen LogP contribution >= 0.6 is 0 Å². The Balaban J connectivity index is 1.57. The monoisotopic (exact) mass is 337 g/mol. The lowest BCUT2D eigenvalue weighted by Gasteiger charge is -2.28. The van der Waals surface area contributed by atoms with Crippen LogP contribution < -0.4 is 0 Å². The second-order valence-corrected chi connectivity index (χ2v) is 6.17. The molecule has 0 saturated carbocycles. The molecule has 0 aromatic heterocycles. The molecular weight excluding hydrogens is 326 g/mol. The minimum absolute atomic E-state index is 0.0452. The molecule has 122 valence electrons. The van der Waals surface area contributed by atoms with E-state index in [0.29, 0.717) is 23.7 Å². The van der Waals surface area contributed by atoms with Gasteiger partial charge in [0.05, 0.1) is 5.92 Å². The molecule has 0 atom stereocenters. The average molecular weight is 337 g/mol. The fourth-order valence-electron chi connectivity index (χ4n) is 3.75. The van der Waals surface area contributed by atoms with Crippen LogP contribution in [-0.4, -0.2) is 41.3 Å². The van der Waals surface area contributed by atoms with Crippen molar-refractivity contribution in [1.29, 1.82) is 0 Å². The molecule has 7 heteroatoms. The van der Waals surface area contributed by atoms with Gasteiger partial charge in [0.1, 0.15) is 18.5 Å². The topological polar surface area (TPSA) is 77.4 Å². The number of guanidine groups is 3. The predicted octanol–water partition coefficient (Wildman–Crippen LogP) is 2.66. The molecule has 0 saturated heterocycles. The van der Waals surface area contributed by atoms with Crippen LogP contribution in [0.5, 0.6) is 0 Å². The predicted molar refractivity (Wildman–Crippen MR) is 102 cm³/mol. The summed E-state index contributed by atoms with van der Waals surface area (Å²) >= 11 is 0. The molecule has 1 aliphatic carbocycles. The van der Waals surface area contributed by atoms with Gasteiger partial charge in [0.2, 0.25) is 17.9 Å². The zero-order valence-electron chi connectivity index (χ0n) is 13.5. The molecule has 0 radical (unpaired) electrons. The van der Waals surface area contributed by atoms with Crippen molar-refractivity contribution in [2.75, 3.05) is 0 Å². The first kappa shape index (κ1) is 13.5. The summed E-state index contributed by atoms with van der Waals surface area (Å²) in [5.74, 6) is 2.12. The van der Waals surface area contributed by atoms with Crippen LogP contribution in [0.25, 0.3) is 11.1 Å². The Labute approximate surface area is 148 Å². The van der Waals surface area contributed by atoms with Crippen molar-refractivity contribution in [3.05, 3.63) is 59.7 Å². The summed E-state index contributed by atoms with van der Waals surface area (Å²) < 4.78 is 0. The summed E-state index contributed by atoms with van der Waals surface area (Å²) in [6.07, 6.45) is 2.93. The quantitative estimate of drug-likeness (QED) is 0.788. The number of rotatable bonds is 1. The molecule has 0 unspecified atom stereocenters. The Kier molecular flexibility index (Phi) is 2.54. The van der Waals surface area contributed by atoms with E-state index in [1.54, 1.807) is 4.90 Å². The second kappa shape index (κ2) is 4.89. The number of hydrogen-bond donors (Lipinski definition) is 0. The van der Waals surface area contributed by atoms with Gasteiger partial charge in [-0.2, -0.15) is 9.98 Å². The molecule has 0 bridgehead atoms. The Morgan fingerprint density at radius 3 is 2.00 bits per heavy atom. The van der Waals surface area contributed by atoms with Gasteiger partial charge in [-0.05, 0) is 22.3 Å². The number of nitrogens with zero attached hydrogens (tertiary/aromatic N) is 7. The van der Waals surface area contributed by atoms with Gasteiger partial charge in [-0.1, -0.05) is 48.5 Å². The molecule has 0 N–H and O–H groups in total. The summed E-state index contributed by atoms with van der Waals surface area (Å²) in [6.45, 7) is 0. The van der Waals surface area contributed by atoms with Gasteiger partial charge in [-0.15, -0.1) is 0 Å². The lowest BCUT2D eigenvalue weighted by atomic mass is 9.95. The normalized spacial score (nSPS) is 19.2. The summed E-state index contributed by atoms with van der Waals surface area (Å²) in [5, 5.41) is 0. The van der Waals surface area contributed by atoms with E-state index >= 15 is 0 Å². The molecule has 6 rings (SSSR count). The van der Waals surface area contributed by atoms with Crippen molar-refractivity contribution in [2.24, 2.45) is 30.0 Å². The van der Waals surface area contributed by atoms with E-state index in [9.17, 15) is 0 Å². The lowest BCUT2D eigenvalue weighted by molar-refractivity contribution is 0.827. The van der Waals surface area contributed by atoms with Crippen molar-refractivity contribution in [3.8, 4) is 11.1 Å². The van der Waals surface area contributed by atoms with Gasteiger partial charge < -0.3 is 0 Å². The molecule has 0 amide bonds. The van der Waals surface area contributed by atoms with Crippen LogP contribution in [0.15, 0.2) is 78.5 Å². The second-order valence-electron chi connectivity index (χ2n) is 6.17. The first-order valence-corrected chi connectivity index (χ1v) is 8.26. The van der Waals surface area contributed by atoms with E-state index in [1.807, 2.05) is 0 Å². The van der Waals surface area contributed by atoms with Crippen molar-refractivity contribution in [1.82, 2.24) is 4.90 Å². The molecule has 0 fully saturated rings. The van der Waals surface area contributed by atoms with E-state index in [1.165, 1.54) is 34.9 Å². The smallest absolute Gasteiger partial charge is 0.213 e.